The van der Waals surface area contributed by atoms with Gasteiger partial charge < -0.3 is 15.1 Å². The van der Waals surface area contributed by atoms with Crippen molar-refractivity contribution in [2.24, 2.45) is 0 Å². The Balaban J connectivity index is 1.31. The minimum Gasteiger partial charge on any atom is -0.459 e. The molecule has 168 valence electrons. The van der Waals surface area contributed by atoms with E-state index in [0.717, 1.165) is 39.3 Å². The van der Waals surface area contributed by atoms with Crippen LogP contribution in [0.2, 0.25) is 5.02 Å². The number of anilines is 1. The first kappa shape index (κ1) is 21.8. The molecule has 1 amide bonds. The van der Waals surface area contributed by atoms with Gasteiger partial charge in [0.25, 0.3) is 5.91 Å². The third-order valence-electron chi connectivity index (χ3n) is 5.49. The van der Waals surface area contributed by atoms with E-state index in [4.69, 9.17) is 21.0 Å². The lowest BCUT2D eigenvalue weighted by Gasteiger charge is -2.12. The number of hydrogen-bond donors (Lipinski definition) is 2. The SMILES string of the molecule is Bc1cnn2c(NCc3ccc(CNC(=O)c4ccco4)cc3)cc(-c3ccccc3Cl)nc12. The van der Waals surface area contributed by atoms with E-state index in [0.29, 0.717) is 23.9 Å². The highest BCUT2D eigenvalue weighted by Crippen LogP contribution is 2.28. The molecule has 0 spiro atoms. The summed E-state index contributed by atoms with van der Waals surface area (Å²) in [6.45, 7) is 1.02. The van der Waals surface area contributed by atoms with E-state index in [1.807, 2.05) is 62.4 Å². The van der Waals surface area contributed by atoms with Crippen LogP contribution in [-0.2, 0) is 13.1 Å². The zero-order valence-electron chi connectivity index (χ0n) is 18.5. The van der Waals surface area contributed by atoms with Crippen LogP contribution < -0.4 is 16.1 Å². The Bertz CT molecular complexity index is 1450. The molecule has 5 aromatic rings. The summed E-state index contributed by atoms with van der Waals surface area (Å²) in [4.78, 5) is 16.8. The van der Waals surface area contributed by atoms with Crippen LogP contribution in [0.15, 0.2) is 83.6 Å². The number of aromatic nitrogens is 3. The molecule has 3 aromatic heterocycles. The normalized spacial score (nSPS) is 11.0. The predicted molar refractivity (Wildman–Crippen MR) is 135 cm³/mol. The number of amides is 1. The molecule has 0 atom stereocenters. The minimum absolute atomic E-state index is 0.235. The van der Waals surface area contributed by atoms with Gasteiger partial charge in [0.1, 0.15) is 13.7 Å². The third kappa shape index (κ3) is 4.53. The number of furan rings is 1. The fourth-order valence-corrected chi connectivity index (χ4v) is 3.88. The summed E-state index contributed by atoms with van der Waals surface area (Å²) >= 11 is 6.42. The van der Waals surface area contributed by atoms with Crippen molar-refractivity contribution in [1.82, 2.24) is 19.9 Å². The summed E-state index contributed by atoms with van der Waals surface area (Å²) < 4.78 is 6.91. The van der Waals surface area contributed by atoms with Crippen molar-refractivity contribution in [1.29, 1.82) is 0 Å². The van der Waals surface area contributed by atoms with Crippen LogP contribution in [0.3, 0.4) is 0 Å². The molecule has 0 unspecified atom stereocenters. The van der Waals surface area contributed by atoms with E-state index >= 15 is 0 Å². The van der Waals surface area contributed by atoms with Crippen LogP contribution >= 0.6 is 11.6 Å². The summed E-state index contributed by atoms with van der Waals surface area (Å²) in [7, 11) is 1.99. The second-order valence-corrected chi connectivity index (χ2v) is 8.31. The number of hydrogen-bond acceptors (Lipinski definition) is 5. The van der Waals surface area contributed by atoms with Crippen molar-refractivity contribution in [2.45, 2.75) is 13.1 Å². The molecular formula is C25H21BClN5O2. The zero-order valence-corrected chi connectivity index (χ0v) is 19.2. The topological polar surface area (TPSA) is 84.5 Å². The van der Waals surface area contributed by atoms with Crippen molar-refractivity contribution in [3.63, 3.8) is 0 Å². The van der Waals surface area contributed by atoms with Crippen molar-refractivity contribution in [3.05, 3.63) is 101 Å². The van der Waals surface area contributed by atoms with Crippen molar-refractivity contribution >= 4 is 42.3 Å². The molecule has 0 saturated heterocycles. The van der Waals surface area contributed by atoms with Crippen LogP contribution in [-0.4, -0.2) is 28.4 Å². The number of benzene rings is 2. The Morgan fingerprint density at radius 3 is 2.53 bits per heavy atom. The highest BCUT2D eigenvalue weighted by molar-refractivity contribution is 6.36. The zero-order chi connectivity index (χ0) is 23.5. The van der Waals surface area contributed by atoms with Crippen LogP contribution in [0.1, 0.15) is 21.7 Å². The Morgan fingerprint density at radius 2 is 1.79 bits per heavy atom. The van der Waals surface area contributed by atoms with Crippen LogP contribution in [0, 0.1) is 0 Å². The standard InChI is InChI=1S/C25H21BClN5O2/c26-19-15-30-32-23(12-21(31-24(19)32)18-4-1-2-5-20(18)27)28-13-16-7-9-17(10-8-16)14-29-25(33)22-6-3-11-34-22/h1-12,15,28H,13-14,26H2,(H,29,33). The van der Waals surface area contributed by atoms with E-state index in [9.17, 15) is 4.79 Å². The van der Waals surface area contributed by atoms with Crippen molar-refractivity contribution < 1.29 is 9.21 Å². The number of nitrogens with one attached hydrogen (secondary N) is 2. The molecule has 5 rings (SSSR count). The summed E-state index contributed by atoms with van der Waals surface area (Å²) in [6, 6.07) is 21.0. The molecule has 2 aromatic carbocycles. The Morgan fingerprint density at radius 1 is 1.03 bits per heavy atom. The van der Waals surface area contributed by atoms with Crippen molar-refractivity contribution in [2.75, 3.05) is 5.32 Å². The van der Waals surface area contributed by atoms with E-state index in [2.05, 4.69) is 15.7 Å². The maximum absolute atomic E-state index is 12.0. The number of nitrogens with zero attached hydrogens (tertiary/aromatic N) is 3. The van der Waals surface area contributed by atoms with Gasteiger partial charge in [-0.25, -0.2) is 4.98 Å². The Kier molecular flexibility index (Phi) is 6.06. The third-order valence-corrected chi connectivity index (χ3v) is 5.82. The smallest absolute Gasteiger partial charge is 0.287 e. The molecular weight excluding hydrogens is 449 g/mol. The van der Waals surface area contributed by atoms with Gasteiger partial charge in [0.15, 0.2) is 11.4 Å². The Hall–Kier alpha value is -4.04. The lowest BCUT2D eigenvalue weighted by Crippen LogP contribution is -2.22. The fourth-order valence-electron chi connectivity index (χ4n) is 3.65. The number of carbonyl (C=O) groups is 1. The summed E-state index contributed by atoms with van der Waals surface area (Å²) in [5.41, 5.74) is 5.51. The highest BCUT2D eigenvalue weighted by atomic mass is 35.5. The predicted octanol–water partition coefficient (Wildman–Crippen LogP) is 3.44. The van der Waals surface area contributed by atoms with Gasteiger partial charge in [0.2, 0.25) is 0 Å². The molecule has 0 aliphatic rings. The molecule has 0 radical (unpaired) electrons. The molecule has 9 heteroatoms. The van der Waals surface area contributed by atoms with Gasteiger partial charge >= 0.3 is 0 Å². The van der Waals surface area contributed by atoms with Crippen LogP contribution in [0.25, 0.3) is 16.9 Å². The largest absolute Gasteiger partial charge is 0.459 e. The molecule has 0 bridgehead atoms. The second kappa shape index (κ2) is 9.45. The van der Waals surface area contributed by atoms with E-state index < -0.39 is 0 Å². The molecule has 2 N–H and O–H groups in total. The Labute approximate surface area is 202 Å². The molecule has 0 aliphatic carbocycles. The first-order chi connectivity index (χ1) is 16.6. The lowest BCUT2D eigenvalue weighted by molar-refractivity contribution is 0.0923. The lowest BCUT2D eigenvalue weighted by atomic mass is 10.0. The maximum atomic E-state index is 12.0. The minimum atomic E-state index is -0.235. The molecule has 3 heterocycles. The molecule has 0 fully saturated rings. The summed E-state index contributed by atoms with van der Waals surface area (Å²) in [5, 5.41) is 11.4. The van der Waals surface area contributed by atoms with E-state index in [1.165, 1.54) is 6.26 Å². The van der Waals surface area contributed by atoms with Gasteiger partial charge in [-0.15, -0.1) is 0 Å². The molecule has 0 aliphatic heterocycles. The number of rotatable bonds is 7. The summed E-state index contributed by atoms with van der Waals surface area (Å²) in [6.07, 6.45) is 3.28. The van der Waals surface area contributed by atoms with E-state index in [1.54, 1.807) is 22.8 Å². The molecule has 34 heavy (non-hydrogen) atoms. The summed E-state index contributed by atoms with van der Waals surface area (Å²) in [5.74, 6) is 0.888. The monoisotopic (exact) mass is 469 g/mol. The number of halogens is 1. The van der Waals surface area contributed by atoms with Gasteiger partial charge in [-0.1, -0.05) is 54.1 Å². The van der Waals surface area contributed by atoms with Gasteiger partial charge in [-0.2, -0.15) is 9.61 Å². The van der Waals surface area contributed by atoms with Crippen LogP contribution in [0.5, 0.6) is 0 Å². The first-order valence-electron chi connectivity index (χ1n) is 10.8. The molecule has 7 nitrogen and oxygen atoms in total. The van der Waals surface area contributed by atoms with Gasteiger partial charge in [0, 0.05) is 35.9 Å². The quantitative estimate of drug-likeness (QED) is 0.357. The van der Waals surface area contributed by atoms with Gasteiger partial charge in [0.05, 0.1) is 12.0 Å². The highest BCUT2D eigenvalue weighted by Gasteiger charge is 2.13. The second-order valence-electron chi connectivity index (χ2n) is 7.90. The van der Waals surface area contributed by atoms with Gasteiger partial charge in [-0.05, 0) is 34.8 Å². The number of fused-ring (bicyclic) bond motifs is 1. The fraction of sp³-hybridized carbons (Fsp3) is 0.0800. The van der Waals surface area contributed by atoms with Crippen LogP contribution in [0.4, 0.5) is 5.82 Å². The average molecular weight is 470 g/mol. The first-order valence-corrected chi connectivity index (χ1v) is 11.2. The van der Waals surface area contributed by atoms with E-state index in [-0.39, 0.29) is 5.91 Å². The number of carbonyl (C=O) groups excluding carboxylic acids is 1. The molecule has 0 saturated carbocycles. The van der Waals surface area contributed by atoms with Crippen molar-refractivity contribution in [3.8, 4) is 11.3 Å². The maximum Gasteiger partial charge on any atom is 0.287 e. The average Bonchev–Trinajstić information content (AvgIpc) is 3.53. The van der Waals surface area contributed by atoms with Gasteiger partial charge in [-0.3, -0.25) is 4.79 Å².